The van der Waals surface area contributed by atoms with E-state index in [0.717, 1.165) is 44.9 Å². The Morgan fingerprint density at radius 3 is 2.21 bits per heavy atom. The number of hydrogen-bond acceptors (Lipinski definition) is 3. The number of carboxylic acids is 1. The highest BCUT2D eigenvalue weighted by Gasteiger charge is 2.70. The van der Waals surface area contributed by atoms with Crippen molar-refractivity contribution in [2.24, 2.45) is 50.2 Å². The molecule has 5 rings (SSSR count). The molecule has 0 spiro atoms. The molecular weight excluding hydrogens is 424 g/mol. The summed E-state index contributed by atoms with van der Waals surface area (Å²) in [5.74, 6) is 0.222. The summed E-state index contributed by atoms with van der Waals surface area (Å²) in [5, 5.41) is 10.0. The van der Waals surface area contributed by atoms with E-state index >= 15 is 0 Å². The van der Waals surface area contributed by atoms with Gasteiger partial charge in [-0.25, -0.2) is 0 Å². The Labute approximate surface area is 205 Å². The number of fused-ring (bicyclic) bond motifs is 7. The van der Waals surface area contributed by atoms with Gasteiger partial charge in [0.1, 0.15) is 5.78 Å². The molecule has 0 aliphatic heterocycles. The number of carbonyl (C=O) groups is 3. The summed E-state index contributed by atoms with van der Waals surface area (Å²) >= 11 is 0. The maximum Gasteiger partial charge on any atom is 0.309 e. The van der Waals surface area contributed by atoms with E-state index in [1.54, 1.807) is 0 Å². The fourth-order valence-electron chi connectivity index (χ4n) is 10.2. The summed E-state index contributed by atoms with van der Waals surface area (Å²) < 4.78 is 0. The van der Waals surface area contributed by atoms with E-state index < -0.39 is 11.4 Å². The van der Waals surface area contributed by atoms with Crippen molar-refractivity contribution in [3.63, 3.8) is 0 Å². The van der Waals surface area contributed by atoms with E-state index in [0.29, 0.717) is 18.6 Å². The summed E-state index contributed by atoms with van der Waals surface area (Å²) in [6.07, 6.45) is 9.78. The number of ketones is 2. The zero-order valence-corrected chi connectivity index (χ0v) is 22.3. The van der Waals surface area contributed by atoms with Crippen molar-refractivity contribution in [1.29, 1.82) is 0 Å². The summed E-state index contributed by atoms with van der Waals surface area (Å²) in [6.45, 7) is 15.5. The van der Waals surface area contributed by atoms with Crippen LogP contribution < -0.4 is 0 Å². The predicted molar refractivity (Wildman–Crippen MR) is 132 cm³/mol. The first-order valence-corrected chi connectivity index (χ1v) is 13.6. The van der Waals surface area contributed by atoms with Crippen molar-refractivity contribution in [1.82, 2.24) is 0 Å². The van der Waals surface area contributed by atoms with Crippen LogP contribution in [0.2, 0.25) is 0 Å². The van der Waals surface area contributed by atoms with Gasteiger partial charge < -0.3 is 5.11 Å². The van der Waals surface area contributed by atoms with Crippen LogP contribution in [0.1, 0.15) is 106 Å². The lowest BCUT2D eigenvalue weighted by molar-refractivity contribution is -0.188. The summed E-state index contributed by atoms with van der Waals surface area (Å²) in [6, 6.07) is 0. The number of rotatable bonds is 1. The highest BCUT2D eigenvalue weighted by Crippen LogP contribution is 2.74. The number of allylic oxidation sites excluding steroid dienone is 2. The quantitative estimate of drug-likeness (QED) is 0.469. The number of hydrogen-bond donors (Lipinski definition) is 1. The lowest BCUT2D eigenvalue weighted by Crippen LogP contribution is -2.66. The number of carbonyl (C=O) groups excluding carboxylic acids is 2. The van der Waals surface area contributed by atoms with Gasteiger partial charge in [-0.2, -0.15) is 0 Å². The Balaban J connectivity index is 1.63. The summed E-state index contributed by atoms with van der Waals surface area (Å²) in [7, 11) is 0. The van der Waals surface area contributed by atoms with Crippen LogP contribution >= 0.6 is 0 Å². The minimum Gasteiger partial charge on any atom is -0.481 e. The molecule has 34 heavy (non-hydrogen) atoms. The van der Waals surface area contributed by atoms with Gasteiger partial charge in [-0.1, -0.05) is 47.1 Å². The third-order valence-corrected chi connectivity index (χ3v) is 12.8. The van der Waals surface area contributed by atoms with Crippen molar-refractivity contribution in [2.75, 3.05) is 0 Å². The Morgan fingerprint density at radius 1 is 0.912 bits per heavy atom. The third kappa shape index (κ3) is 2.75. The second-order valence-electron chi connectivity index (χ2n) is 14.7. The predicted octanol–water partition coefficient (Wildman–Crippen LogP) is 6.62. The van der Waals surface area contributed by atoms with Crippen molar-refractivity contribution in [3.05, 3.63) is 11.6 Å². The smallest absolute Gasteiger partial charge is 0.309 e. The number of Topliss-reactive ketones (excluding diaryl/α,β-unsaturated/α-hetero) is 1. The molecule has 1 N–H and O–H groups in total. The van der Waals surface area contributed by atoms with E-state index in [2.05, 4.69) is 41.5 Å². The SMILES string of the molecule is CC1(C)C(=O)CC[C@]2(C)[C@@H]1CC[C@@]1(C)[C@@H]2C(=O)C=C2[C@H]3C[C@@](C)(C(=O)O)CC[C@]3(C)CC[C@@]21C. The molecule has 0 bridgehead atoms. The molecule has 0 amide bonds. The van der Waals surface area contributed by atoms with E-state index in [1.807, 2.05) is 13.0 Å². The molecular formula is C30H44O4. The molecule has 4 heteroatoms. The first kappa shape index (κ1) is 24.3. The summed E-state index contributed by atoms with van der Waals surface area (Å²) in [5.41, 5.74) is -0.205. The highest BCUT2D eigenvalue weighted by atomic mass is 16.4. The molecule has 5 aliphatic carbocycles. The molecule has 4 saturated carbocycles. The maximum atomic E-state index is 14.2. The van der Waals surface area contributed by atoms with Crippen LogP contribution in [0.3, 0.4) is 0 Å². The lowest BCUT2D eigenvalue weighted by atomic mass is 9.33. The average Bonchev–Trinajstić information content (AvgIpc) is 2.73. The Kier molecular flexibility index (Phi) is 4.89. The van der Waals surface area contributed by atoms with Crippen LogP contribution in [0, 0.1) is 50.2 Å². The molecule has 0 radical (unpaired) electrons. The van der Waals surface area contributed by atoms with E-state index in [4.69, 9.17) is 0 Å². The fraction of sp³-hybridized carbons (Fsp3) is 0.833. The molecule has 0 saturated heterocycles. The Bertz CT molecular complexity index is 1010. The van der Waals surface area contributed by atoms with Gasteiger partial charge in [0.2, 0.25) is 0 Å². The van der Waals surface area contributed by atoms with Crippen molar-refractivity contribution in [2.45, 2.75) is 106 Å². The van der Waals surface area contributed by atoms with E-state index in [-0.39, 0.29) is 50.6 Å². The van der Waals surface area contributed by atoms with Gasteiger partial charge in [0.25, 0.3) is 0 Å². The van der Waals surface area contributed by atoms with Gasteiger partial charge >= 0.3 is 5.97 Å². The third-order valence-electron chi connectivity index (χ3n) is 12.8. The molecule has 0 aromatic rings. The van der Waals surface area contributed by atoms with Crippen LogP contribution in [0.4, 0.5) is 0 Å². The number of carboxylic acid groups (broad SMARTS) is 1. The van der Waals surface area contributed by atoms with Gasteiger partial charge in [-0.05, 0) is 97.9 Å². The van der Waals surface area contributed by atoms with Gasteiger partial charge in [0.15, 0.2) is 5.78 Å². The first-order valence-electron chi connectivity index (χ1n) is 13.6. The molecule has 4 nitrogen and oxygen atoms in total. The molecule has 0 unspecified atom stereocenters. The highest BCUT2D eigenvalue weighted by molar-refractivity contribution is 5.96. The van der Waals surface area contributed by atoms with Crippen molar-refractivity contribution >= 4 is 17.5 Å². The maximum absolute atomic E-state index is 14.2. The molecule has 8 atom stereocenters. The van der Waals surface area contributed by atoms with Crippen LogP contribution in [0.15, 0.2) is 11.6 Å². The Hall–Kier alpha value is -1.45. The molecule has 4 fully saturated rings. The second kappa shape index (κ2) is 6.85. The van der Waals surface area contributed by atoms with Crippen molar-refractivity contribution < 1.29 is 19.5 Å². The number of aliphatic carboxylic acids is 1. The Morgan fingerprint density at radius 2 is 1.56 bits per heavy atom. The van der Waals surface area contributed by atoms with Gasteiger partial charge in [0, 0.05) is 17.8 Å². The summed E-state index contributed by atoms with van der Waals surface area (Å²) in [4.78, 5) is 39.3. The van der Waals surface area contributed by atoms with Crippen LogP contribution in [0.25, 0.3) is 0 Å². The van der Waals surface area contributed by atoms with Crippen LogP contribution in [-0.2, 0) is 14.4 Å². The normalized spacial score (nSPS) is 52.0. The monoisotopic (exact) mass is 468 g/mol. The lowest BCUT2D eigenvalue weighted by Gasteiger charge is -2.69. The van der Waals surface area contributed by atoms with Crippen LogP contribution in [-0.4, -0.2) is 22.6 Å². The second-order valence-corrected chi connectivity index (χ2v) is 14.7. The zero-order valence-electron chi connectivity index (χ0n) is 22.3. The van der Waals surface area contributed by atoms with E-state index in [1.165, 1.54) is 5.57 Å². The first-order chi connectivity index (χ1) is 15.6. The van der Waals surface area contributed by atoms with Gasteiger partial charge in [-0.3, -0.25) is 14.4 Å². The topological polar surface area (TPSA) is 71.4 Å². The minimum absolute atomic E-state index is 0.0707. The standard InChI is InChI=1S/C30H44O4/c1-25(2)21-8-11-30(7)23(28(21,5)10-9-22(25)32)20(31)16-18-19-17-27(4,24(33)34)13-12-26(19,3)14-15-29(18,30)6/h16,19,21,23H,8-15,17H2,1-7H3,(H,33,34)/t19-,21-,23-,26-,27+,28-,29+,30+/m1/s1. The zero-order chi connectivity index (χ0) is 25.1. The van der Waals surface area contributed by atoms with Crippen LogP contribution in [0.5, 0.6) is 0 Å². The molecule has 188 valence electrons. The molecule has 0 aromatic heterocycles. The largest absolute Gasteiger partial charge is 0.481 e. The molecule has 0 heterocycles. The molecule has 5 aliphatic rings. The van der Waals surface area contributed by atoms with E-state index in [9.17, 15) is 19.5 Å². The average molecular weight is 469 g/mol. The van der Waals surface area contributed by atoms with Crippen molar-refractivity contribution in [3.8, 4) is 0 Å². The van der Waals surface area contributed by atoms with Gasteiger partial charge in [0.05, 0.1) is 5.41 Å². The minimum atomic E-state index is -0.721. The fourth-order valence-corrected chi connectivity index (χ4v) is 10.2. The molecule has 0 aromatic carbocycles. The van der Waals surface area contributed by atoms with Gasteiger partial charge in [-0.15, -0.1) is 0 Å².